The minimum atomic E-state index is -0.642. The Morgan fingerprint density at radius 1 is 1.00 bits per heavy atom. The number of carbonyl (C=O) groups is 1. The molecule has 9 heteroatoms. The molecule has 0 saturated carbocycles. The molecule has 0 saturated heterocycles. The van der Waals surface area contributed by atoms with Gasteiger partial charge in [-0.25, -0.2) is 9.18 Å². The molecule has 0 atom stereocenters. The maximum atomic E-state index is 13.2. The summed E-state index contributed by atoms with van der Waals surface area (Å²) < 4.78 is 16.9. The first-order chi connectivity index (χ1) is 15.4. The first kappa shape index (κ1) is 21.2. The summed E-state index contributed by atoms with van der Waals surface area (Å²) in [7, 11) is 1.63. The molecule has 2 aromatic carbocycles. The lowest BCUT2D eigenvalue weighted by Crippen LogP contribution is -2.41. The minimum Gasteiger partial charge on any atom is -0.325 e. The summed E-state index contributed by atoms with van der Waals surface area (Å²) in [6, 6.07) is 13.0. The Labute approximate surface area is 182 Å². The molecule has 0 aliphatic rings. The minimum absolute atomic E-state index is 0.0649. The highest BCUT2D eigenvalue weighted by molar-refractivity contribution is 5.91. The molecule has 1 amide bonds. The van der Waals surface area contributed by atoms with Crippen LogP contribution in [0.15, 0.2) is 64.3 Å². The number of amides is 1. The number of nitrogens with one attached hydrogen (secondary N) is 1. The largest absolute Gasteiger partial charge is 0.332 e. The van der Waals surface area contributed by atoms with Crippen LogP contribution in [0.25, 0.3) is 11.0 Å². The second-order valence-corrected chi connectivity index (χ2v) is 7.52. The highest BCUT2D eigenvalue weighted by Crippen LogP contribution is 2.11. The molecule has 0 aliphatic heterocycles. The van der Waals surface area contributed by atoms with Crippen molar-refractivity contribution in [3.63, 3.8) is 0 Å². The maximum absolute atomic E-state index is 13.2. The van der Waals surface area contributed by atoms with E-state index in [1.54, 1.807) is 19.2 Å². The van der Waals surface area contributed by atoms with Crippen LogP contribution in [-0.2, 0) is 31.4 Å². The number of benzene rings is 2. The Balaban J connectivity index is 1.70. The van der Waals surface area contributed by atoms with Crippen molar-refractivity contribution in [2.75, 3.05) is 5.32 Å². The van der Waals surface area contributed by atoms with Gasteiger partial charge in [-0.15, -0.1) is 0 Å². The van der Waals surface area contributed by atoms with Gasteiger partial charge in [0.25, 0.3) is 5.56 Å². The third-order valence-corrected chi connectivity index (χ3v) is 5.21. The fourth-order valence-electron chi connectivity index (χ4n) is 3.52. The van der Waals surface area contributed by atoms with E-state index in [0.29, 0.717) is 11.3 Å². The fraction of sp³-hybridized carbons (Fsp3) is 0.217. The molecule has 2 aromatic heterocycles. The molecular formula is C23H22FN5O3. The van der Waals surface area contributed by atoms with Crippen molar-refractivity contribution < 1.29 is 9.18 Å². The fourth-order valence-corrected chi connectivity index (χ4v) is 3.52. The number of hydrogen-bond acceptors (Lipinski definition) is 4. The number of fused-ring (bicyclic) bond motifs is 1. The highest BCUT2D eigenvalue weighted by atomic mass is 19.1. The predicted octanol–water partition coefficient (Wildman–Crippen LogP) is 2.29. The van der Waals surface area contributed by atoms with E-state index in [1.165, 1.54) is 39.7 Å². The quantitative estimate of drug-likeness (QED) is 0.503. The normalized spacial score (nSPS) is 11.1. The summed E-state index contributed by atoms with van der Waals surface area (Å²) in [5.41, 5.74) is 1.47. The van der Waals surface area contributed by atoms with Crippen LogP contribution in [0, 0.1) is 5.82 Å². The van der Waals surface area contributed by atoms with E-state index in [4.69, 9.17) is 0 Å². The summed E-state index contributed by atoms with van der Waals surface area (Å²) in [4.78, 5) is 38.8. The zero-order valence-electron chi connectivity index (χ0n) is 17.7. The average Bonchev–Trinajstić information content (AvgIpc) is 3.18. The lowest BCUT2D eigenvalue weighted by molar-refractivity contribution is -0.116. The number of rotatable bonds is 6. The van der Waals surface area contributed by atoms with E-state index in [0.717, 1.165) is 16.6 Å². The average molecular weight is 435 g/mol. The van der Waals surface area contributed by atoms with Crippen molar-refractivity contribution in [1.82, 2.24) is 18.9 Å². The van der Waals surface area contributed by atoms with Crippen LogP contribution in [0.2, 0.25) is 0 Å². The van der Waals surface area contributed by atoms with E-state index in [2.05, 4.69) is 10.4 Å². The number of nitrogens with zero attached hydrogens (tertiary/aromatic N) is 4. The topological polar surface area (TPSA) is 90.9 Å². The van der Waals surface area contributed by atoms with E-state index in [1.807, 2.05) is 19.1 Å². The number of carbonyl (C=O) groups excluding carboxylic acids is 1. The zero-order valence-corrected chi connectivity index (χ0v) is 17.7. The SMILES string of the molecule is CCc1ccc(NC(=O)Cn2c(=O)n(Cc3ccc(F)cc3)c(=O)c3nn(C)cc32)cc1. The van der Waals surface area contributed by atoms with Crippen LogP contribution in [0.4, 0.5) is 10.1 Å². The Kier molecular flexibility index (Phi) is 5.72. The Hall–Kier alpha value is -4.01. The van der Waals surface area contributed by atoms with Gasteiger partial charge in [0, 0.05) is 18.9 Å². The standard InChI is InChI=1S/C23H22FN5O3/c1-3-15-6-10-18(11-7-15)25-20(30)14-28-19-13-27(2)26-21(19)22(31)29(23(28)32)12-16-4-8-17(24)9-5-16/h4-11,13H,3,12,14H2,1-2H3,(H,25,30). The van der Waals surface area contributed by atoms with E-state index in [9.17, 15) is 18.8 Å². The van der Waals surface area contributed by atoms with Gasteiger partial charge in [0.2, 0.25) is 5.91 Å². The second kappa shape index (κ2) is 8.62. The number of anilines is 1. The molecule has 1 N–H and O–H groups in total. The van der Waals surface area contributed by atoms with Gasteiger partial charge in [0.1, 0.15) is 12.4 Å². The van der Waals surface area contributed by atoms with Gasteiger partial charge in [-0.3, -0.25) is 23.4 Å². The van der Waals surface area contributed by atoms with Gasteiger partial charge in [-0.2, -0.15) is 5.10 Å². The molecule has 4 rings (SSSR count). The van der Waals surface area contributed by atoms with E-state index >= 15 is 0 Å². The molecule has 0 spiro atoms. The predicted molar refractivity (Wildman–Crippen MR) is 119 cm³/mol. The van der Waals surface area contributed by atoms with Crippen molar-refractivity contribution in [2.45, 2.75) is 26.4 Å². The van der Waals surface area contributed by atoms with Crippen LogP contribution in [0.3, 0.4) is 0 Å². The first-order valence-electron chi connectivity index (χ1n) is 10.2. The van der Waals surface area contributed by atoms with Gasteiger partial charge in [-0.1, -0.05) is 31.2 Å². The van der Waals surface area contributed by atoms with Crippen molar-refractivity contribution in [1.29, 1.82) is 0 Å². The molecule has 0 fully saturated rings. The number of halogens is 1. The van der Waals surface area contributed by atoms with Gasteiger partial charge >= 0.3 is 5.69 Å². The molecule has 0 bridgehead atoms. The number of hydrogen-bond donors (Lipinski definition) is 1. The van der Waals surface area contributed by atoms with Crippen LogP contribution in [0.1, 0.15) is 18.1 Å². The molecule has 4 aromatic rings. The van der Waals surface area contributed by atoms with Crippen LogP contribution >= 0.6 is 0 Å². The van der Waals surface area contributed by atoms with E-state index in [-0.39, 0.29) is 24.1 Å². The molecular weight excluding hydrogens is 413 g/mol. The maximum Gasteiger partial charge on any atom is 0.332 e. The van der Waals surface area contributed by atoms with Crippen LogP contribution in [0.5, 0.6) is 0 Å². The number of aryl methyl sites for hydroxylation is 2. The third kappa shape index (κ3) is 4.22. The number of aromatic nitrogens is 4. The summed E-state index contributed by atoms with van der Waals surface area (Å²) in [6.07, 6.45) is 2.42. The second-order valence-electron chi connectivity index (χ2n) is 7.52. The lowest BCUT2D eigenvalue weighted by atomic mass is 10.1. The van der Waals surface area contributed by atoms with Crippen LogP contribution in [-0.4, -0.2) is 24.8 Å². The molecule has 0 radical (unpaired) electrons. The van der Waals surface area contributed by atoms with Crippen LogP contribution < -0.4 is 16.6 Å². The molecule has 8 nitrogen and oxygen atoms in total. The Bertz CT molecular complexity index is 1400. The smallest absolute Gasteiger partial charge is 0.325 e. The molecule has 2 heterocycles. The van der Waals surface area contributed by atoms with Crippen molar-refractivity contribution in [3.05, 3.63) is 92.5 Å². The van der Waals surface area contributed by atoms with E-state index < -0.39 is 23.0 Å². The zero-order chi connectivity index (χ0) is 22.8. The Morgan fingerprint density at radius 3 is 2.31 bits per heavy atom. The van der Waals surface area contributed by atoms with Crippen molar-refractivity contribution in [3.8, 4) is 0 Å². The molecule has 0 aliphatic carbocycles. The van der Waals surface area contributed by atoms with Gasteiger partial charge in [0.05, 0.1) is 12.1 Å². The molecule has 32 heavy (non-hydrogen) atoms. The summed E-state index contributed by atoms with van der Waals surface area (Å²) in [6.45, 7) is 1.69. The molecule has 0 unspecified atom stereocenters. The monoisotopic (exact) mass is 435 g/mol. The summed E-state index contributed by atoms with van der Waals surface area (Å²) in [5.74, 6) is -0.823. The Morgan fingerprint density at radius 2 is 1.66 bits per heavy atom. The van der Waals surface area contributed by atoms with Gasteiger partial charge < -0.3 is 5.32 Å². The van der Waals surface area contributed by atoms with Crippen molar-refractivity contribution in [2.24, 2.45) is 7.05 Å². The molecule has 164 valence electrons. The van der Waals surface area contributed by atoms with Crippen molar-refractivity contribution >= 4 is 22.6 Å². The highest BCUT2D eigenvalue weighted by Gasteiger charge is 2.18. The van der Waals surface area contributed by atoms with Gasteiger partial charge in [0.15, 0.2) is 5.52 Å². The summed E-state index contributed by atoms with van der Waals surface area (Å²) in [5, 5.41) is 6.95. The lowest BCUT2D eigenvalue weighted by Gasteiger charge is -2.12. The third-order valence-electron chi connectivity index (χ3n) is 5.21. The first-order valence-corrected chi connectivity index (χ1v) is 10.2. The summed E-state index contributed by atoms with van der Waals surface area (Å²) >= 11 is 0. The van der Waals surface area contributed by atoms with Gasteiger partial charge in [-0.05, 0) is 41.8 Å².